The van der Waals surface area contributed by atoms with Crippen LogP contribution in [0.1, 0.15) is 16.9 Å². The summed E-state index contributed by atoms with van der Waals surface area (Å²) in [5.41, 5.74) is 6.21. The number of nitrogens with two attached hydrogens (primary N) is 1. The first kappa shape index (κ1) is 14.2. The van der Waals surface area contributed by atoms with Crippen LogP contribution in [0.25, 0.3) is 5.69 Å². The molecule has 2 amide bonds. The molecule has 0 saturated carbocycles. The summed E-state index contributed by atoms with van der Waals surface area (Å²) < 4.78 is 14.4. The number of aromatic nitrogens is 2. The molecular formula is C15H15FN4O2. The van der Waals surface area contributed by atoms with E-state index >= 15 is 0 Å². The van der Waals surface area contributed by atoms with Gasteiger partial charge in [0.2, 0.25) is 5.91 Å². The number of halogens is 1. The number of hydrogen-bond donors (Lipinski definition) is 1. The van der Waals surface area contributed by atoms with Gasteiger partial charge in [-0.05, 0) is 36.8 Å². The smallest absolute Gasteiger partial charge is 0.274 e. The van der Waals surface area contributed by atoms with E-state index in [9.17, 15) is 14.0 Å². The van der Waals surface area contributed by atoms with E-state index in [0.29, 0.717) is 25.2 Å². The van der Waals surface area contributed by atoms with Gasteiger partial charge in [-0.15, -0.1) is 0 Å². The van der Waals surface area contributed by atoms with E-state index in [1.165, 1.54) is 16.8 Å². The van der Waals surface area contributed by atoms with Crippen molar-refractivity contribution in [3.8, 4) is 5.69 Å². The lowest BCUT2D eigenvalue weighted by Crippen LogP contribution is -2.32. The van der Waals surface area contributed by atoms with E-state index in [-0.39, 0.29) is 29.2 Å². The molecule has 114 valence electrons. The number of hydrogen-bond acceptors (Lipinski definition) is 3. The molecule has 0 spiro atoms. The van der Waals surface area contributed by atoms with Crippen molar-refractivity contribution in [2.75, 3.05) is 13.1 Å². The van der Waals surface area contributed by atoms with E-state index in [0.717, 1.165) is 0 Å². The maximum atomic E-state index is 12.9. The molecule has 6 nitrogen and oxygen atoms in total. The highest BCUT2D eigenvalue weighted by Gasteiger charge is 2.31. The molecule has 1 atom stereocenters. The van der Waals surface area contributed by atoms with Gasteiger partial charge in [-0.3, -0.25) is 9.59 Å². The van der Waals surface area contributed by atoms with Gasteiger partial charge in [0.1, 0.15) is 5.82 Å². The Morgan fingerprint density at radius 1 is 1.23 bits per heavy atom. The number of rotatable bonds is 3. The molecule has 1 aliphatic rings. The monoisotopic (exact) mass is 302 g/mol. The summed E-state index contributed by atoms with van der Waals surface area (Å²) in [4.78, 5) is 25.1. The second-order valence-corrected chi connectivity index (χ2v) is 5.26. The Kier molecular flexibility index (Phi) is 3.62. The highest BCUT2D eigenvalue weighted by atomic mass is 19.1. The lowest BCUT2D eigenvalue weighted by Gasteiger charge is -2.14. The molecule has 0 aliphatic carbocycles. The molecule has 2 heterocycles. The summed E-state index contributed by atoms with van der Waals surface area (Å²) in [5, 5.41) is 4.21. The third kappa shape index (κ3) is 2.69. The van der Waals surface area contributed by atoms with Crippen LogP contribution in [0, 0.1) is 11.7 Å². The molecular weight excluding hydrogens is 287 g/mol. The number of amides is 2. The van der Waals surface area contributed by atoms with Crippen molar-refractivity contribution in [2.45, 2.75) is 6.42 Å². The second-order valence-electron chi connectivity index (χ2n) is 5.26. The Balaban J connectivity index is 1.75. The van der Waals surface area contributed by atoms with Crippen LogP contribution < -0.4 is 5.73 Å². The molecule has 1 aromatic carbocycles. The molecule has 1 fully saturated rings. The number of benzene rings is 1. The van der Waals surface area contributed by atoms with Crippen molar-refractivity contribution in [3.05, 3.63) is 48.0 Å². The number of carbonyl (C=O) groups is 2. The zero-order valence-electron chi connectivity index (χ0n) is 11.8. The van der Waals surface area contributed by atoms with Gasteiger partial charge >= 0.3 is 0 Å². The first-order valence-corrected chi connectivity index (χ1v) is 6.95. The fraction of sp³-hybridized carbons (Fsp3) is 0.267. The van der Waals surface area contributed by atoms with Gasteiger partial charge in [-0.2, -0.15) is 5.10 Å². The van der Waals surface area contributed by atoms with Gasteiger partial charge in [-0.25, -0.2) is 9.07 Å². The second kappa shape index (κ2) is 5.59. The normalized spacial score (nSPS) is 17.7. The molecule has 0 bridgehead atoms. The van der Waals surface area contributed by atoms with Crippen molar-refractivity contribution in [2.24, 2.45) is 11.7 Å². The van der Waals surface area contributed by atoms with Gasteiger partial charge in [0, 0.05) is 19.3 Å². The molecule has 0 unspecified atom stereocenters. The molecule has 2 N–H and O–H groups in total. The topological polar surface area (TPSA) is 81.2 Å². The molecule has 0 radical (unpaired) electrons. The standard InChI is InChI=1S/C15H15FN4O2/c16-11-1-3-12(4-2-11)20-8-6-13(18-20)15(22)19-7-5-10(9-19)14(17)21/h1-4,6,8,10H,5,7,9H2,(H2,17,21)/t10-/m0/s1. The Hall–Kier alpha value is -2.70. The zero-order valence-corrected chi connectivity index (χ0v) is 11.8. The summed E-state index contributed by atoms with van der Waals surface area (Å²) in [6, 6.07) is 7.42. The number of carbonyl (C=O) groups excluding carboxylic acids is 2. The van der Waals surface area contributed by atoms with Crippen molar-refractivity contribution >= 4 is 11.8 Å². The van der Waals surface area contributed by atoms with Crippen LogP contribution in [0.3, 0.4) is 0 Å². The third-order valence-electron chi connectivity index (χ3n) is 3.78. The summed E-state index contributed by atoms with van der Waals surface area (Å²) in [5.74, 6) is -1.23. The average molecular weight is 302 g/mol. The van der Waals surface area contributed by atoms with Crippen molar-refractivity contribution in [1.82, 2.24) is 14.7 Å². The predicted molar refractivity (Wildman–Crippen MR) is 76.7 cm³/mol. The maximum absolute atomic E-state index is 12.9. The van der Waals surface area contributed by atoms with Gasteiger partial charge in [0.05, 0.1) is 11.6 Å². The number of nitrogens with zero attached hydrogens (tertiary/aromatic N) is 3. The van der Waals surface area contributed by atoms with Crippen molar-refractivity contribution in [3.63, 3.8) is 0 Å². The van der Waals surface area contributed by atoms with Crippen LogP contribution in [-0.4, -0.2) is 39.6 Å². The lowest BCUT2D eigenvalue weighted by molar-refractivity contribution is -0.121. The zero-order chi connectivity index (χ0) is 15.7. The maximum Gasteiger partial charge on any atom is 0.274 e. The van der Waals surface area contributed by atoms with E-state index in [2.05, 4.69) is 5.10 Å². The lowest BCUT2D eigenvalue weighted by atomic mass is 10.1. The minimum Gasteiger partial charge on any atom is -0.369 e. The average Bonchev–Trinajstić information content (AvgIpc) is 3.17. The molecule has 7 heteroatoms. The Morgan fingerprint density at radius 3 is 2.59 bits per heavy atom. The summed E-state index contributed by atoms with van der Waals surface area (Å²) >= 11 is 0. The minimum atomic E-state index is -0.382. The molecule has 2 aromatic rings. The van der Waals surface area contributed by atoms with Crippen LogP contribution in [0.4, 0.5) is 4.39 Å². The number of primary amides is 1. The molecule has 22 heavy (non-hydrogen) atoms. The highest BCUT2D eigenvalue weighted by Crippen LogP contribution is 2.18. The van der Waals surface area contributed by atoms with E-state index in [1.54, 1.807) is 29.3 Å². The van der Waals surface area contributed by atoms with Crippen LogP contribution in [-0.2, 0) is 4.79 Å². The first-order chi connectivity index (χ1) is 10.5. The third-order valence-corrected chi connectivity index (χ3v) is 3.78. The Bertz CT molecular complexity index is 711. The summed E-state index contributed by atoms with van der Waals surface area (Å²) in [6.45, 7) is 0.827. The van der Waals surface area contributed by atoms with Crippen LogP contribution in [0.5, 0.6) is 0 Å². The summed E-state index contributed by atoms with van der Waals surface area (Å²) in [6.07, 6.45) is 2.22. The SMILES string of the molecule is NC(=O)[C@H]1CCN(C(=O)c2ccn(-c3ccc(F)cc3)n2)C1. The fourth-order valence-corrected chi connectivity index (χ4v) is 2.51. The minimum absolute atomic E-state index is 0.232. The van der Waals surface area contributed by atoms with Gasteiger partial charge < -0.3 is 10.6 Å². The summed E-state index contributed by atoms with van der Waals surface area (Å²) in [7, 11) is 0. The molecule has 3 rings (SSSR count). The predicted octanol–water partition coefficient (Wildman–Crippen LogP) is 0.959. The molecule has 1 aromatic heterocycles. The highest BCUT2D eigenvalue weighted by molar-refractivity contribution is 5.93. The fourth-order valence-electron chi connectivity index (χ4n) is 2.51. The van der Waals surface area contributed by atoms with Crippen molar-refractivity contribution in [1.29, 1.82) is 0 Å². The van der Waals surface area contributed by atoms with E-state index in [1.807, 2.05) is 0 Å². The van der Waals surface area contributed by atoms with Gasteiger partial charge in [0.15, 0.2) is 5.69 Å². The van der Waals surface area contributed by atoms with E-state index in [4.69, 9.17) is 5.73 Å². The van der Waals surface area contributed by atoms with Gasteiger partial charge in [0.25, 0.3) is 5.91 Å². The van der Waals surface area contributed by atoms with Gasteiger partial charge in [-0.1, -0.05) is 0 Å². The largest absolute Gasteiger partial charge is 0.369 e. The van der Waals surface area contributed by atoms with Crippen LogP contribution >= 0.6 is 0 Å². The Morgan fingerprint density at radius 2 is 1.95 bits per heavy atom. The molecule has 1 aliphatic heterocycles. The number of likely N-dealkylation sites (tertiary alicyclic amines) is 1. The van der Waals surface area contributed by atoms with Crippen molar-refractivity contribution < 1.29 is 14.0 Å². The first-order valence-electron chi connectivity index (χ1n) is 6.95. The van der Waals surface area contributed by atoms with Crippen LogP contribution in [0.2, 0.25) is 0 Å². The molecule has 1 saturated heterocycles. The van der Waals surface area contributed by atoms with Crippen LogP contribution in [0.15, 0.2) is 36.5 Å². The Labute approximate surface area is 126 Å². The van der Waals surface area contributed by atoms with E-state index < -0.39 is 0 Å². The quantitative estimate of drug-likeness (QED) is 0.917.